The maximum atomic E-state index is 13.4. The molecule has 0 amide bonds. The first-order valence-electron chi connectivity index (χ1n) is 12.4. The Morgan fingerprint density at radius 2 is 1.86 bits per heavy atom. The summed E-state index contributed by atoms with van der Waals surface area (Å²) >= 11 is 0. The Morgan fingerprint density at radius 1 is 1.19 bits per heavy atom. The van der Waals surface area contributed by atoms with E-state index in [1.165, 1.54) is 6.07 Å². The molecule has 1 aromatic carbocycles. The monoisotopic (exact) mass is 515 g/mol. The van der Waals surface area contributed by atoms with Crippen LogP contribution in [-0.2, 0) is 22.3 Å². The number of benzene rings is 1. The first kappa shape index (κ1) is 26.7. The van der Waals surface area contributed by atoms with E-state index in [0.29, 0.717) is 30.1 Å². The highest BCUT2D eigenvalue weighted by Gasteiger charge is 2.34. The highest BCUT2D eigenvalue weighted by atomic mass is 19.4. The fraction of sp³-hybridized carbons (Fsp3) is 0.429. The van der Waals surface area contributed by atoms with E-state index in [0.717, 1.165) is 35.9 Å². The maximum Gasteiger partial charge on any atom is 0.416 e. The van der Waals surface area contributed by atoms with Crippen molar-refractivity contribution in [3.63, 3.8) is 0 Å². The zero-order valence-corrected chi connectivity index (χ0v) is 21.5. The molecule has 0 unspecified atom stereocenters. The summed E-state index contributed by atoms with van der Waals surface area (Å²) in [6.45, 7) is 9.25. The van der Waals surface area contributed by atoms with E-state index in [1.807, 2.05) is 19.9 Å². The summed E-state index contributed by atoms with van der Waals surface area (Å²) in [4.78, 5) is 18.6. The molecule has 1 aromatic heterocycles. The number of carbonyl (C=O) groups excluding carboxylic acids is 1. The number of ether oxygens (including phenoxy) is 1. The van der Waals surface area contributed by atoms with Crippen LogP contribution in [0.5, 0.6) is 0 Å². The zero-order chi connectivity index (χ0) is 26.9. The molecule has 2 aromatic rings. The molecule has 1 fully saturated rings. The standard InChI is InChI=1S/C28H32F3N3O3/c1-5-37-27(36)25-18(3)32-24(26(25)35)15-21-14-17(2)34(19(21)4)22-10-12-33(13-11-22)16-20-8-6-7-9-23(20)28(29,30)31/h6-9,14-15,22,35H,5,10-13,16H2,1-4H3/b24-15+. The molecule has 6 nitrogen and oxygen atoms in total. The summed E-state index contributed by atoms with van der Waals surface area (Å²) in [5.41, 5.74) is 3.51. The molecule has 0 radical (unpaired) electrons. The minimum Gasteiger partial charge on any atom is -0.505 e. The van der Waals surface area contributed by atoms with E-state index >= 15 is 0 Å². The number of aliphatic hydroxyl groups excluding tert-OH is 1. The number of hydrogen-bond donors (Lipinski definition) is 1. The van der Waals surface area contributed by atoms with Gasteiger partial charge in [-0.3, -0.25) is 4.90 Å². The van der Waals surface area contributed by atoms with E-state index < -0.39 is 17.7 Å². The van der Waals surface area contributed by atoms with Crippen molar-refractivity contribution in [2.75, 3.05) is 19.7 Å². The van der Waals surface area contributed by atoms with E-state index in [-0.39, 0.29) is 30.5 Å². The van der Waals surface area contributed by atoms with Crippen molar-refractivity contribution in [2.45, 2.75) is 59.3 Å². The number of aromatic nitrogens is 1. The highest BCUT2D eigenvalue weighted by Crippen LogP contribution is 2.35. The quantitative estimate of drug-likeness (QED) is 0.469. The number of halogens is 3. The number of hydrogen-bond acceptors (Lipinski definition) is 5. The summed E-state index contributed by atoms with van der Waals surface area (Å²) in [6.07, 6.45) is -0.957. The molecule has 198 valence electrons. The Bertz CT molecular complexity index is 1280. The van der Waals surface area contributed by atoms with Gasteiger partial charge in [-0.25, -0.2) is 9.79 Å². The summed E-state index contributed by atoms with van der Waals surface area (Å²) in [6, 6.07) is 8.01. The second-order valence-electron chi connectivity index (χ2n) is 9.53. The molecular formula is C28H32F3N3O3. The minimum atomic E-state index is -4.36. The lowest BCUT2D eigenvalue weighted by Crippen LogP contribution is -2.35. The molecule has 0 bridgehead atoms. The van der Waals surface area contributed by atoms with Crippen LogP contribution in [0, 0.1) is 13.8 Å². The van der Waals surface area contributed by atoms with Crippen LogP contribution in [0.3, 0.4) is 0 Å². The summed E-state index contributed by atoms with van der Waals surface area (Å²) in [7, 11) is 0. The van der Waals surface area contributed by atoms with E-state index in [9.17, 15) is 23.1 Å². The Labute approximate surface area is 214 Å². The van der Waals surface area contributed by atoms with Crippen LogP contribution in [0.4, 0.5) is 13.2 Å². The van der Waals surface area contributed by atoms with Gasteiger partial charge in [-0.1, -0.05) is 18.2 Å². The predicted molar refractivity (Wildman–Crippen MR) is 136 cm³/mol. The van der Waals surface area contributed by atoms with Gasteiger partial charge in [0.2, 0.25) is 0 Å². The van der Waals surface area contributed by atoms with Crippen molar-refractivity contribution >= 4 is 17.8 Å². The summed E-state index contributed by atoms with van der Waals surface area (Å²) < 4.78 is 47.5. The topological polar surface area (TPSA) is 67.1 Å². The van der Waals surface area contributed by atoms with E-state index in [2.05, 4.69) is 14.5 Å². The third-order valence-corrected chi connectivity index (χ3v) is 7.06. The molecule has 0 saturated carbocycles. The number of aliphatic hydroxyl groups is 1. The maximum absolute atomic E-state index is 13.4. The van der Waals surface area contributed by atoms with E-state index in [4.69, 9.17) is 4.74 Å². The van der Waals surface area contributed by atoms with Gasteiger partial charge < -0.3 is 14.4 Å². The van der Waals surface area contributed by atoms with Gasteiger partial charge in [0.25, 0.3) is 0 Å². The predicted octanol–water partition coefficient (Wildman–Crippen LogP) is 6.15. The largest absolute Gasteiger partial charge is 0.505 e. The Kier molecular flexibility index (Phi) is 7.64. The van der Waals surface area contributed by atoms with Gasteiger partial charge in [0.05, 0.1) is 17.9 Å². The number of rotatable bonds is 6. The summed E-state index contributed by atoms with van der Waals surface area (Å²) in [5.74, 6) is -0.784. The lowest BCUT2D eigenvalue weighted by molar-refractivity contribution is -0.139. The summed E-state index contributed by atoms with van der Waals surface area (Å²) in [5, 5.41) is 10.6. The third-order valence-electron chi connectivity index (χ3n) is 7.06. The average molecular weight is 516 g/mol. The highest BCUT2D eigenvalue weighted by molar-refractivity contribution is 6.22. The van der Waals surface area contributed by atoms with Gasteiger partial charge in [-0.05, 0) is 69.9 Å². The zero-order valence-electron chi connectivity index (χ0n) is 21.5. The van der Waals surface area contributed by atoms with Crippen LogP contribution < -0.4 is 0 Å². The van der Waals surface area contributed by atoms with Crippen molar-refractivity contribution in [3.8, 4) is 0 Å². The van der Waals surface area contributed by atoms with Gasteiger partial charge in [-0.15, -0.1) is 0 Å². The molecule has 1 N–H and O–H groups in total. The minimum absolute atomic E-state index is 0.0846. The Morgan fingerprint density at radius 3 is 2.51 bits per heavy atom. The van der Waals surface area contributed by atoms with Crippen LogP contribution in [0.25, 0.3) is 6.08 Å². The molecule has 9 heteroatoms. The van der Waals surface area contributed by atoms with Gasteiger partial charge >= 0.3 is 12.1 Å². The molecule has 2 aliphatic rings. The number of piperidine rings is 1. The molecular weight excluding hydrogens is 483 g/mol. The van der Waals surface area contributed by atoms with E-state index in [1.54, 1.807) is 32.1 Å². The molecule has 3 heterocycles. The second-order valence-corrected chi connectivity index (χ2v) is 9.53. The fourth-order valence-electron chi connectivity index (χ4n) is 5.31. The van der Waals surface area contributed by atoms with Crippen LogP contribution in [0.15, 0.2) is 52.4 Å². The normalized spacial score (nSPS) is 18.6. The fourth-order valence-corrected chi connectivity index (χ4v) is 5.31. The van der Waals surface area contributed by atoms with Gasteiger partial charge in [-0.2, -0.15) is 13.2 Å². The van der Waals surface area contributed by atoms with Crippen molar-refractivity contribution < 1.29 is 27.8 Å². The van der Waals surface area contributed by atoms with Crippen LogP contribution in [0.2, 0.25) is 0 Å². The average Bonchev–Trinajstić information content (AvgIpc) is 3.27. The number of aryl methyl sites for hydroxylation is 1. The molecule has 0 atom stereocenters. The number of alkyl halides is 3. The Hall–Kier alpha value is -3.33. The van der Waals surface area contributed by atoms with Gasteiger partial charge in [0.15, 0.2) is 5.76 Å². The number of esters is 1. The van der Waals surface area contributed by atoms with Crippen LogP contribution >= 0.6 is 0 Å². The first-order valence-corrected chi connectivity index (χ1v) is 12.4. The lowest BCUT2D eigenvalue weighted by atomic mass is 10.0. The molecule has 0 aliphatic carbocycles. The van der Waals surface area contributed by atoms with Crippen LogP contribution in [0.1, 0.15) is 60.8 Å². The number of nitrogens with zero attached hydrogens (tertiary/aromatic N) is 3. The molecule has 0 spiro atoms. The molecule has 37 heavy (non-hydrogen) atoms. The lowest BCUT2D eigenvalue weighted by Gasteiger charge is -2.34. The molecule has 2 aliphatic heterocycles. The van der Waals surface area contributed by atoms with Gasteiger partial charge in [0, 0.05) is 37.1 Å². The van der Waals surface area contributed by atoms with Gasteiger partial charge in [0.1, 0.15) is 11.3 Å². The van der Waals surface area contributed by atoms with Crippen molar-refractivity contribution in [3.05, 3.63) is 75.4 Å². The molecule has 1 saturated heterocycles. The van der Waals surface area contributed by atoms with Crippen molar-refractivity contribution in [1.82, 2.24) is 9.47 Å². The number of carbonyl (C=O) groups is 1. The Balaban J connectivity index is 1.49. The van der Waals surface area contributed by atoms with Crippen LogP contribution in [-0.4, -0.2) is 46.0 Å². The first-order chi connectivity index (χ1) is 17.5. The van der Waals surface area contributed by atoms with Crippen molar-refractivity contribution in [2.24, 2.45) is 4.99 Å². The third kappa shape index (κ3) is 5.51. The number of aliphatic imine (C=N–C) groups is 1. The SMILES string of the molecule is CCOC(=O)C1=C(O)/C(=C\c2cc(C)n(C3CCN(Cc4ccccc4C(F)(F)F)CC3)c2C)N=C1C. The number of likely N-dealkylation sites (tertiary alicyclic amines) is 1. The molecule has 4 rings (SSSR count). The smallest absolute Gasteiger partial charge is 0.416 e. The second kappa shape index (κ2) is 10.6. The van der Waals surface area contributed by atoms with Crippen molar-refractivity contribution in [1.29, 1.82) is 0 Å².